The number of hydrogen-bond acceptors (Lipinski definition) is 5. The molecule has 1 heterocycles. The molecule has 1 amide bonds. The Morgan fingerprint density at radius 2 is 1.96 bits per heavy atom. The van der Waals surface area contributed by atoms with Gasteiger partial charge in [0.25, 0.3) is 0 Å². The average Bonchev–Trinajstić information content (AvgIpc) is 2.48. The maximum Gasteiger partial charge on any atom is 0.410 e. The number of benzene rings is 1. The minimum Gasteiger partial charge on any atom is -0.444 e. The van der Waals surface area contributed by atoms with Crippen molar-refractivity contribution in [2.24, 2.45) is 10.9 Å². The van der Waals surface area contributed by atoms with Crippen molar-refractivity contribution in [2.75, 3.05) is 31.1 Å². The van der Waals surface area contributed by atoms with Gasteiger partial charge in [-0.05, 0) is 39.0 Å². The molecule has 0 aliphatic carbocycles. The van der Waals surface area contributed by atoms with Gasteiger partial charge in [-0.3, -0.25) is 0 Å². The lowest BCUT2D eigenvalue weighted by Gasteiger charge is -2.36. The van der Waals surface area contributed by atoms with Crippen LogP contribution in [0.4, 0.5) is 10.5 Å². The monoisotopic (exact) mass is 338 g/mol. The molecule has 0 unspecified atom stereocenters. The van der Waals surface area contributed by atoms with Crippen molar-refractivity contribution in [2.45, 2.75) is 26.4 Å². The molecule has 0 bridgehead atoms. The van der Waals surface area contributed by atoms with E-state index in [1.54, 1.807) is 4.90 Å². The molecule has 1 aromatic carbocycles. The van der Waals surface area contributed by atoms with E-state index in [0.29, 0.717) is 18.1 Å². The molecule has 23 heavy (non-hydrogen) atoms. The van der Waals surface area contributed by atoms with Gasteiger partial charge in [0.1, 0.15) is 5.60 Å². The van der Waals surface area contributed by atoms with Crippen molar-refractivity contribution < 1.29 is 9.53 Å². The van der Waals surface area contributed by atoms with Gasteiger partial charge in [-0.1, -0.05) is 11.6 Å². The van der Waals surface area contributed by atoms with Gasteiger partial charge in [0.15, 0.2) is 0 Å². The topological polar surface area (TPSA) is 71.2 Å². The van der Waals surface area contributed by atoms with E-state index < -0.39 is 5.60 Å². The van der Waals surface area contributed by atoms with Crippen LogP contribution in [0.2, 0.25) is 5.02 Å². The van der Waals surface area contributed by atoms with E-state index in [-0.39, 0.29) is 6.09 Å². The largest absolute Gasteiger partial charge is 0.444 e. The highest BCUT2D eigenvalue weighted by Gasteiger charge is 2.26. The molecule has 0 saturated carbocycles. The van der Waals surface area contributed by atoms with Crippen LogP contribution in [0.1, 0.15) is 26.3 Å². The van der Waals surface area contributed by atoms with Crippen LogP contribution in [0.25, 0.3) is 0 Å². The summed E-state index contributed by atoms with van der Waals surface area (Å²) in [6, 6.07) is 5.75. The second-order valence-corrected chi connectivity index (χ2v) is 6.85. The number of nitrogens with zero attached hydrogens (tertiary/aromatic N) is 3. The molecule has 1 saturated heterocycles. The van der Waals surface area contributed by atoms with Crippen molar-refractivity contribution in [1.29, 1.82) is 0 Å². The first-order valence-electron chi connectivity index (χ1n) is 7.56. The van der Waals surface area contributed by atoms with E-state index in [4.69, 9.17) is 22.2 Å². The number of piperazine rings is 1. The van der Waals surface area contributed by atoms with Gasteiger partial charge in [0, 0.05) is 37.4 Å². The molecule has 126 valence electrons. The molecule has 0 aromatic heterocycles. The standard InChI is InChI=1S/C16H23ClN4O2/c1-16(2,3)23-15(22)21-8-6-20(7-9-21)13-5-4-12(11-19-18)14(17)10-13/h4-5,10-11H,6-9,18H2,1-3H3. The Morgan fingerprint density at radius 1 is 1.30 bits per heavy atom. The molecule has 1 aromatic rings. The highest BCUT2D eigenvalue weighted by atomic mass is 35.5. The Hall–Kier alpha value is -1.95. The molecule has 0 atom stereocenters. The Labute approximate surface area is 141 Å². The number of hydrazone groups is 1. The van der Waals surface area contributed by atoms with Gasteiger partial charge in [0.2, 0.25) is 0 Å². The number of amides is 1. The fourth-order valence-electron chi connectivity index (χ4n) is 2.37. The summed E-state index contributed by atoms with van der Waals surface area (Å²) < 4.78 is 5.40. The second-order valence-electron chi connectivity index (χ2n) is 6.44. The quantitative estimate of drug-likeness (QED) is 0.511. The van der Waals surface area contributed by atoms with Crippen molar-refractivity contribution in [3.63, 3.8) is 0 Å². The Bertz CT molecular complexity index is 590. The third kappa shape index (κ3) is 4.76. The van der Waals surface area contributed by atoms with E-state index in [9.17, 15) is 4.79 Å². The Morgan fingerprint density at radius 3 is 2.48 bits per heavy atom. The number of nitrogens with two attached hydrogens (primary N) is 1. The van der Waals surface area contributed by atoms with Crippen LogP contribution < -0.4 is 10.7 Å². The van der Waals surface area contributed by atoms with Crippen LogP contribution in [-0.4, -0.2) is 49.0 Å². The number of hydrogen-bond donors (Lipinski definition) is 1. The van der Waals surface area contributed by atoms with E-state index in [2.05, 4.69) is 10.0 Å². The van der Waals surface area contributed by atoms with Gasteiger partial charge in [0.05, 0.1) is 11.2 Å². The summed E-state index contributed by atoms with van der Waals surface area (Å²) in [5.41, 5.74) is 1.33. The zero-order valence-electron chi connectivity index (χ0n) is 13.8. The van der Waals surface area contributed by atoms with Gasteiger partial charge >= 0.3 is 6.09 Å². The molecular formula is C16H23ClN4O2. The van der Waals surface area contributed by atoms with E-state index in [1.807, 2.05) is 39.0 Å². The summed E-state index contributed by atoms with van der Waals surface area (Å²) >= 11 is 6.22. The van der Waals surface area contributed by atoms with Crippen molar-refractivity contribution in [1.82, 2.24) is 4.90 Å². The minimum absolute atomic E-state index is 0.260. The summed E-state index contributed by atoms with van der Waals surface area (Å²) in [5, 5.41) is 4.09. The summed E-state index contributed by atoms with van der Waals surface area (Å²) in [7, 11) is 0. The molecule has 0 radical (unpaired) electrons. The second kappa shape index (κ2) is 7.08. The van der Waals surface area contributed by atoms with Crippen molar-refractivity contribution in [3.8, 4) is 0 Å². The zero-order valence-corrected chi connectivity index (χ0v) is 14.5. The van der Waals surface area contributed by atoms with Gasteiger partial charge < -0.3 is 20.4 Å². The smallest absolute Gasteiger partial charge is 0.410 e. The van der Waals surface area contributed by atoms with Gasteiger partial charge in [-0.2, -0.15) is 5.10 Å². The minimum atomic E-state index is -0.470. The molecule has 2 rings (SSSR count). The molecule has 7 heteroatoms. The van der Waals surface area contributed by atoms with Crippen LogP contribution in [0.5, 0.6) is 0 Å². The third-order valence-electron chi connectivity index (χ3n) is 3.49. The number of carbonyl (C=O) groups excluding carboxylic acids is 1. The van der Waals surface area contributed by atoms with E-state index in [1.165, 1.54) is 6.21 Å². The summed E-state index contributed by atoms with van der Waals surface area (Å²) in [5.74, 6) is 5.15. The molecular weight excluding hydrogens is 316 g/mol. The molecule has 0 spiro atoms. The van der Waals surface area contributed by atoms with Crippen molar-refractivity contribution in [3.05, 3.63) is 28.8 Å². The molecule has 1 aliphatic rings. The highest BCUT2D eigenvalue weighted by Crippen LogP contribution is 2.24. The first-order chi connectivity index (χ1) is 10.8. The van der Waals surface area contributed by atoms with Crippen LogP contribution in [0.15, 0.2) is 23.3 Å². The van der Waals surface area contributed by atoms with Crippen LogP contribution in [0.3, 0.4) is 0 Å². The lowest BCUT2D eigenvalue weighted by Crippen LogP contribution is -2.50. The number of anilines is 1. The summed E-state index contributed by atoms with van der Waals surface area (Å²) in [4.78, 5) is 16.0. The van der Waals surface area contributed by atoms with E-state index >= 15 is 0 Å². The average molecular weight is 339 g/mol. The van der Waals surface area contributed by atoms with Crippen LogP contribution in [0, 0.1) is 0 Å². The summed E-state index contributed by atoms with van der Waals surface area (Å²) in [6.45, 7) is 8.33. The molecule has 1 aliphatic heterocycles. The highest BCUT2D eigenvalue weighted by molar-refractivity contribution is 6.33. The predicted molar refractivity (Wildman–Crippen MR) is 93.3 cm³/mol. The number of carbonyl (C=O) groups is 1. The first kappa shape index (κ1) is 17.4. The fraction of sp³-hybridized carbons (Fsp3) is 0.500. The Balaban J connectivity index is 1.97. The predicted octanol–water partition coefficient (Wildman–Crippen LogP) is 2.69. The molecule has 1 fully saturated rings. The van der Waals surface area contributed by atoms with Gasteiger partial charge in [-0.15, -0.1) is 0 Å². The first-order valence-corrected chi connectivity index (χ1v) is 7.93. The zero-order chi connectivity index (χ0) is 17.0. The fourth-order valence-corrected chi connectivity index (χ4v) is 2.60. The molecule has 6 nitrogen and oxygen atoms in total. The lowest BCUT2D eigenvalue weighted by atomic mass is 10.2. The third-order valence-corrected chi connectivity index (χ3v) is 3.82. The molecule has 2 N–H and O–H groups in total. The maximum atomic E-state index is 12.1. The lowest BCUT2D eigenvalue weighted by molar-refractivity contribution is 0.0240. The maximum absolute atomic E-state index is 12.1. The normalized spacial score (nSPS) is 16.0. The number of ether oxygens (including phenoxy) is 1. The Kier molecular flexibility index (Phi) is 5.36. The van der Waals surface area contributed by atoms with Crippen molar-refractivity contribution >= 4 is 29.6 Å². The number of halogens is 1. The SMILES string of the molecule is CC(C)(C)OC(=O)N1CCN(c2ccc(C=NN)c(Cl)c2)CC1. The van der Waals surface area contributed by atoms with E-state index in [0.717, 1.165) is 24.3 Å². The van der Waals surface area contributed by atoms with Crippen LogP contribution >= 0.6 is 11.6 Å². The summed E-state index contributed by atoms with van der Waals surface area (Å²) in [6.07, 6.45) is 1.26. The van der Waals surface area contributed by atoms with Crippen LogP contribution in [-0.2, 0) is 4.74 Å². The number of rotatable bonds is 2. The van der Waals surface area contributed by atoms with Gasteiger partial charge in [-0.25, -0.2) is 4.79 Å².